The third-order valence-corrected chi connectivity index (χ3v) is 4.84. The largest absolute Gasteiger partial charge is 0.316 e. The Hall–Kier alpha value is -0.300. The van der Waals surface area contributed by atoms with Crippen molar-refractivity contribution in [2.75, 3.05) is 13.1 Å². The van der Waals surface area contributed by atoms with Gasteiger partial charge >= 0.3 is 0 Å². The van der Waals surface area contributed by atoms with Crippen molar-refractivity contribution in [2.45, 2.75) is 33.6 Å². The van der Waals surface area contributed by atoms with Crippen LogP contribution in [0.25, 0.3) is 0 Å². The van der Waals surface area contributed by atoms with E-state index in [0.717, 1.165) is 17.8 Å². The second-order valence-electron chi connectivity index (χ2n) is 5.27. The van der Waals surface area contributed by atoms with Crippen LogP contribution in [0.2, 0.25) is 0 Å². The van der Waals surface area contributed by atoms with Crippen LogP contribution in [0, 0.1) is 23.2 Å². The van der Waals surface area contributed by atoms with Crippen LogP contribution in [-0.4, -0.2) is 13.1 Å². The lowest BCUT2D eigenvalue weighted by Crippen LogP contribution is -2.37. The summed E-state index contributed by atoms with van der Waals surface area (Å²) in [6, 6.07) is 0. The summed E-state index contributed by atoms with van der Waals surface area (Å²) in [5.41, 5.74) is 0.526. The van der Waals surface area contributed by atoms with Gasteiger partial charge in [0.15, 0.2) is 0 Å². The Morgan fingerprint density at radius 2 is 2.14 bits per heavy atom. The first-order valence-electron chi connectivity index (χ1n) is 6.08. The van der Waals surface area contributed by atoms with Gasteiger partial charge in [-0.05, 0) is 36.1 Å². The molecular formula is C13H23N. The zero-order chi connectivity index (χ0) is 10.2. The maximum absolute atomic E-state index is 3.56. The fourth-order valence-corrected chi connectivity index (χ4v) is 3.34. The first-order chi connectivity index (χ1) is 6.69. The average Bonchev–Trinajstić information content (AvgIpc) is 2.36. The molecule has 0 spiro atoms. The quantitative estimate of drug-likeness (QED) is 0.665. The zero-order valence-electron chi connectivity index (χ0n) is 9.72. The molecule has 80 valence electrons. The van der Waals surface area contributed by atoms with Gasteiger partial charge in [0.25, 0.3) is 0 Å². The minimum Gasteiger partial charge on any atom is -0.316 e. The summed E-state index contributed by atoms with van der Waals surface area (Å²) >= 11 is 0. The highest BCUT2D eigenvalue weighted by atomic mass is 14.9. The molecule has 1 N–H and O–H groups in total. The van der Waals surface area contributed by atoms with Crippen LogP contribution < -0.4 is 5.32 Å². The zero-order valence-corrected chi connectivity index (χ0v) is 9.72. The molecule has 1 aliphatic carbocycles. The SMILES string of the molecule is CCC(C)C1(C)C2C=CC1CNCC2. The average molecular weight is 193 g/mol. The van der Waals surface area contributed by atoms with Crippen molar-refractivity contribution in [1.29, 1.82) is 0 Å². The molecule has 0 aromatic rings. The van der Waals surface area contributed by atoms with Crippen molar-refractivity contribution in [3.8, 4) is 0 Å². The van der Waals surface area contributed by atoms with Gasteiger partial charge in [0.1, 0.15) is 0 Å². The smallest absolute Gasteiger partial charge is 0.00197 e. The summed E-state index contributed by atoms with van der Waals surface area (Å²) in [6.45, 7) is 9.65. The molecule has 2 rings (SSSR count). The van der Waals surface area contributed by atoms with Gasteiger partial charge in [-0.15, -0.1) is 0 Å². The monoisotopic (exact) mass is 193 g/mol. The van der Waals surface area contributed by atoms with Crippen LogP contribution in [-0.2, 0) is 0 Å². The summed E-state index contributed by atoms with van der Waals surface area (Å²) in [6.07, 6.45) is 7.58. The fourth-order valence-electron chi connectivity index (χ4n) is 3.34. The number of hydrogen-bond acceptors (Lipinski definition) is 1. The first kappa shape index (κ1) is 10.2. The Balaban J connectivity index is 2.25. The highest BCUT2D eigenvalue weighted by Gasteiger charge is 2.46. The van der Waals surface area contributed by atoms with E-state index in [1.807, 2.05) is 0 Å². The van der Waals surface area contributed by atoms with Crippen LogP contribution in [0.1, 0.15) is 33.6 Å². The van der Waals surface area contributed by atoms with Gasteiger partial charge in [-0.1, -0.05) is 39.3 Å². The number of allylic oxidation sites excluding steroid dienone is 1. The van der Waals surface area contributed by atoms with Crippen molar-refractivity contribution in [2.24, 2.45) is 23.2 Å². The van der Waals surface area contributed by atoms with E-state index in [1.54, 1.807) is 0 Å². The van der Waals surface area contributed by atoms with Crippen LogP contribution in [0.5, 0.6) is 0 Å². The van der Waals surface area contributed by atoms with Gasteiger partial charge < -0.3 is 5.32 Å². The Labute approximate surface area is 88.0 Å². The second-order valence-corrected chi connectivity index (χ2v) is 5.27. The number of fused-ring (bicyclic) bond motifs is 2. The Morgan fingerprint density at radius 1 is 1.43 bits per heavy atom. The van der Waals surface area contributed by atoms with Gasteiger partial charge in [0.2, 0.25) is 0 Å². The lowest BCUT2D eigenvalue weighted by atomic mass is 9.63. The minimum atomic E-state index is 0.526. The number of nitrogens with one attached hydrogen (secondary N) is 1. The van der Waals surface area contributed by atoms with Gasteiger partial charge in [0, 0.05) is 6.54 Å². The molecule has 0 saturated carbocycles. The van der Waals surface area contributed by atoms with Crippen LogP contribution in [0.4, 0.5) is 0 Å². The minimum absolute atomic E-state index is 0.526. The van der Waals surface area contributed by atoms with E-state index < -0.39 is 0 Å². The van der Waals surface area contributed by atoms with Crippen LogP contribution >= 0.6 is 0 Å². The second kappa shape index (κ2) is 3.69. The highest BCUT2D eigenvalue weighted by Crippen LogP contribution is 2.51. The van der Waals surface area contributed by atoms with Gasteiger partial charge in [-0.3, -0.25) is 0 Å². The number of hydrogen-bond donors (Lipinski definition) is 1. The molecule has 1 heteroatoms. The molecule has 1 heterocycles. The van der Waals surface area contributed by atoms with Crippen molar-refractivity contribution in [1.82, 2.24) is 5.32 Å². The fraction of sp³-hybridized carbons (Fsp3) is 0.846. The molecule has 1 nitrogen and oxygen atoms in total. The molecule has 0 radical (unpaired) electrons. The van der Waals surface area contributed by atoms with Gasteiger partial charge in [-0.25, -0.2) is 0 Å². The molecule has 0 aromatic carbocycles. The Kier molecular flexibility index (Phi) is 2.70. The molecule has 2 aliphatic rings. The predicted octanol–water partition coefficient (Wildman–Crippen LogP) is 2.83. The van der Waals surface area contributed by atoms with E-state index in [-0.39, 0.29) is 0 Å². The third-order valence-electron chi connectivity index (χ3n) is 4.84. The molecule has 1 fully saturated rings. The standard InChI is InChI=1S/C13H23N/c1-4-10(2)13(3)11-5-6-12(13)9-14-8-7-11/h5-6,10-12,14H,4,7-9H2,1-3H3. The Bertz CT molecular complexity index is 215. The lowest BCUT2D eigenvalue weighted by molar-refractivity contribution is 0.0979. The molecule has 2 bridgehead atoms. The Morgan fingerprint density at radius 3 is 2.86 bits per heavy atom. The lowest BCUT2D eigenvalue weighted by Gasteiger charge is -2.41. The molecule has 1 saturated heterocycles. The molecule has 0 aromatic heterocycles. The maximum atomic E-state index is 3.56. The number of rotatable bonds is 2. The van der Waals surface area contributed by atoms with Gasteiger partial charge in [-0.2, -0.15) is 0 Å². The molecule has 14 heavy (non-hydrogen) atoms. The van der Waals surface area contributed by atoms with Crippen LogP contribution in [0.3, 0.4) is 0 Å². The van der Waals surface area contributed by atoms with Crippen molar-refractivity contribution < 1.29 is 0 Å². The van der Waals surface area contributed by atoms with Crippen molar-refractivity contribution in [3.05, 3.63) is 12.2 Å². The van der Waals surface area contributed by atoms with Crippen molar-refractivity contribution >= 4 is 0 Å². The summed E-state index contributed by atoms with van der Waals surface area (Å²) in [5.74, 6) is 2.43. The van der Waals surface area contributed by atoms with E-state index >= 15 is 0 Å². The topological polar surface area (TPSA) is 12.0 Å². The highest BCUT2D eigenvalue weighted by molar-refractivity contribution is 5.15. The van der Waals surface area contributed by atoms with Crippen LogP contribution in [0.15, 0.2) is 12.2 Å². The van der Waals surface area contributed by atoms with E-state index in [0.29, 0.717) is 5.41 Å². The van der Waals surface area contributed by atoms with E-state index in [4.69, 9.17) is 0 Å². The normalized spacial score (nSPS) is 43.6. The summed E-state index contributed by atoms with van der Waals surface area (Å²) in [4.78, 5) is 0. The molecule has 4 unspecified atom stereocenters. The third kappa shape index (κ3) is 1.33. The van der Waals surface area contributed by atoms with E-state index in [1.165, 1.54) is 25.9 Å². The molecular weight excluding hydrogens is 170 g/mol. The van der Waals surface area contributed by atoms with Crippen molar-refractivity contribution in [3.63, 3.8) is 0 Å². The van der Waals surface area contributed by atoms with E-state index in [2.05, 4.69) is 38.2 Å². The molecule has 1 aliphatic heterocycles. The predicted molar refractivity (Wildman–Crippen MR) is 61.2 cm³/mol. The molecule has 0 amide bonds. The van der Waals surface area contributed by atoms with Gasteiger partial charge in [0.05, 0.1) is 0 Å². The first-order valence-corrected chi connectivity index (χ1v) is 6.08. The summed E-state index contributed by atoms with van der Waals surface area (Å²) in [7, 11) is 0. The maximum Gasteiger partial charge on any atom is 0.00197 e. The molecule has 4 atom stereocenters. The van der Waals surface area contributed by atoms with E-state index in [9.17, 15) is 0 Å². The summed E-state index contributed by atoms with van der Waals surface area (Å²) in [5, 5.41) is 3.56. The summed E-state index contributed by atoms with van der Waals surface area (Å²) < 4.78 is 0.